The number of esters is 1. The van der Waals surface area contributed by atoms with Crippen molar-refractivity contribution >= 4 is 55.2 Å². The molecule has 0 spiro atoms. The lowest BCUT2D eigenvalue weighted by Gasteiger charge is -2.24. The van der Waals surface area contributed by atoms with E-state index >= 15 is 0 Å². The minimum Gasteiger partial charge on any atom is -0.493 e. The molecule has 0 fully saturated rings. The van der Waals surface area contributed by atoms with Crippen LogP contribution in [0.2, 0.25) is 0 Å². The predicted molar refractivity (Wildman–Crippen MR) is 151 cm³/mol. The lowest BCUT2D eigenvalue weighted by Crippen LogP contribution is -2.39. The van der Waals surface area contributed by atoms with Crippen LogP contribution in [-0.4, -0.2) is 30.9 Å². The molecule has 7 nitrogen and oxygen atoms in total. The number of carbonyl (C=O) groups excluding carboxylic acids is 1. The van der Waals surface area contributed by atoms with Crippen LogP contribution in [0, 0.1) is 0 Å². The number of nitrogens with zero attached hydrogens (tertiary/aromatic N) is 2. The molecule has 192 valence electrons. The number of carbonyl (C=O) groups is 1. The molecule has 4 rings (SSSR count). The number of hydrogen-bond acceptors (Lipinski definition) is 7. The number of allylic oxidation sites excluding steroid dienone is 1. The molecule has 0 radical (unpaired) electrons. The smallest absolute Gasteiger partial charge is 0.338 e. The Morgan fingerprint density at radius 3 is 2.62 bits per heavy atom. The van der Waals surface area contributed by atoms with Crippen LogP contribution in [0.25, 0.3) is 6.08 Å². The van der Waals surface area contributed by atoms with E-state index in [1.165, 1.54) is 11.3 Å². The van der Waals surface area contributed by atoms with Gasteiger partial charge in [-0.1, -0.05) is 52.1 Å². The van der Waals surface area contributed by atoms with Crippen molar-refractivity contribution in [3.05, 3.63) is 100 Å². The number of rotatable bonds is 8. The fourth-order valence-electron chi connectivity index (χ4n) is 4.01. The Balaban J connectivity index is 1.90. The zero-order valence-corrected chi connectivity index (χ0v) is 24.4. The van der Waals surface area contributed by atoms with Gasteiger partial charge < -0.3 is 14.2 Å². The molecule has 1 aliphatic heterocycles. The van der Waals surface area contributed by atoms with E-state index in [2.05, 4.69) is 43.4 Å². The van der Waals surface area contributed by atoms with E-state index in [0.717, 1.165) is 15.6 Å². The number of thiazole rings is 1. The lowest BCUT2D eigenvalue weighted by molar-refractivity contribution is -0.139. The molecule has 1 aromatic heterocycles. The summed E-state index contributed by atoms with van der Waals surface area (Å²) in [4.78, 5) is 31.9. The average molecular weight is 648 g/mol. The first-order valence-electron chi connectivity index (χ1n) is 11.3. The summed E-state index contributed by atoms with van der Waals surface area (Å²) in [7, 11) is 1.55. The van der Waals surface area contributed by atoms with E-state index < -0.39 is 12.0 Å². The van der Waals surface area contributed by atoms with E-state index in [9.17, 15) is 9.59 Å². The van der Waals surface area contributed by atoms with Gasteiger partial charge in [-0.05, 0) is 71.2 Å². The number of ether oxygens (including phenoxy) is 3. The van der Waals surface area contributed by atoms with E-state index in [1.807, 2.05) is 30.3 Å². The Bertz CT molecular complexity index is 1570. The highest BCUT2D eigenvalue weighted by molar-refractivity contribution is 9.10. The van der Waals surface area contributed by atoms with Crippen LogP contribution in [-0.2, 0) is 9.53 Å². The third-order valence-electron chi connectivity index (χ3n) is 5.60. The second kappa shape index (κ2) is 11.6. The van der Waals surface area contributed by atoms with Crippen molar-refractivity contribution in [2.24, 2.45) is 4.99 Å². The molecule has 1 unspecified atom stereocenters. The highest BCUT2D eigenvalue weighted by Crippen LogP contribution is 2.37. The summed E-state index contributed by atoms with van der Waals surface area (Å²) in [6.07, 6.45) is 3.42. The maximum atomic E-state index is 13.8. The van der Waals surface area contributed by atoms with Gasteiger partial charge in [0.2, 0.25) is 0 Å². The van der Waals surface area contributed by atoms with Crippen molar-refractivity contribution in [1.29, 1.82) is 0 Å². The molecule has 3 aromatic rings. The third kappa shape index (κ3) is 5.51. The van der Waals surface area contributed by atoms with Crippen molar-refractivity contribution in [3.8, 4) is 11.5 Å². The fourth-order valence-corrected chi connectivity index (χ4v) is 5.89. The van der Waals surface area contributed by atoms with Crippen LogP contribution < -0.4 is 24.4 Å². The molecule has 0 amide bonds. The van der Waals surface area contributed by atoms with Gasteiger partial charge in [0, 0.05) is 4.47 Å². The summed E-state index contributed by atoms with van der Waals surface area (Å²) in [5, 5.41) is 0. The molecule has 0 saturated carbocycles. The molecule has 10 heteroatoms. The van der Waals surface area contributed by atoms with Crippen LogP contribution in [0.4, 0.5) is 0 Å². The first-order valence-corrected chi connectivity index (χ1v) is 13.8. The van der Waals surface area contributed by atoms with Gasteiger partial charge >= 0.3 is 5.97 Å². The molecule has 2 heterocycles. The van der Waals surface area contributed by atoms with Gasteiger partial charge in [0.1, 0.15) is 6.61 Å². The second-order valence-corrected chi connectivity index (χ2v) is 10.8. The summed E-state index contributed by atoms with van der Waals surface area (Å²) in [5.41, 5.74) is 2.12. The maximum absolute atomic E-state index is 13.8. The topological polar surface area (TPSA) is 79.1 Å². The monoisotopic (exact) mass is 646 g/mol. The maximum Gasteiger partial charge on any atom is 0.338 e. The number of aromatic nitrogens is 1. The van der Waals surface area contributed by atoms with Crippen molar-refractivity contribution in [2.45, 2.75) is 19.9 Å². The largest absolute Gasteiger partial charge is 0.493 e. The molecule has 2 aromatic carbocycles. The second-order valence-electron chi connectivity index (χ2n) is 7.99. The van der Waals surface area contributed by atoms with Gasteiger partial charge in [-0.25, -0.2) is 9.79 Å². The minimum atomic E-state index is -0.665. The van der Waals surface area contributed by atoms with Crippen LogP contribution in [0.3, 0.4) is 0 Å². The molecular weight excluding hydrogens is 624 g/mol. The Labute approximate surface area is 234 Å². The number of benzene rings is 2. The average Bonchev–Trinajstić information content (AvgIpc) is 3.17. The highest BCUT2D eigenvalue weighted by atomic mass is 79.9. The number of fused-ring (bicyclic) bond motifs is 1. The molecule has 37 heavy (non-hydrogen) atoms. The van der Waals surface area contributed by atoms with Gasteiger partial charge in [0.15, 0.2) is 16.3 Å². The Hall–Kier alpha value is -2.95. The van der Waals surface area contributed by atoms with Gasteiger partial charge in [-0.2, -0.15) is 0 Å². The SMILES string of the molecule is C=CCOc1c(Br)cc(/C=c2\sc3n(c2=O)C(c2ccc(Br)cc2)C(C(=O)OCC)=C(C)N=3)cc1OC. The lowest BCUT2D eigenvalue weighted by atomic mass is 9.96. The van der Waals surface area contributed by atoms with Crippen LogP contribution in [0.5, 0.6) is 11.5 Å². The number of methoxy groups -OCH3 is 1. The number of halogens is 2. The minimum absolute atomic E-state index is 0.219. The van der Waals surface area contributed by atoms with Crippen LogP contribution in [0.15, 0.2) is 79.1 Å². The first kappa shape index (κ1) is 27.1. The van der Waals surface area contributed by atoms with E-state index in [0.29, 0.717) is 43.2 Å². The standard InChI is InChI=1S/C27H24Br2N2O5S/c1-5-11-36-24-19(29)12-16(13-20(24)34-4)14-21-25(32)31-23(17-7-9-18(28)10-8-17)22(26(33)35-6-2)15(3)30-27(31)37-21/h5,7-10,12-14,23H,1,6,11H2,2-4H3/b21-14-. The van der Waals surface area contributed by atoms with Gasteiger partial charge in [0.05, 0.1) is 40.0 Å². The molecule has 1 aliphatic rings. The van der Waals surface area contributed by atoms with Gasteiger partial charge in [0.25, 0.3) is 5.56 Å². The molecule has 0 N–H and O–H groups in total. The first-order chi connectivity index (χ1) is 17.8. The predicted octanol–water partition coefficient (Wildman–Crippen LogP) is 4.90. The normalized spacial score (nSPS) is 15.2. The van der Waals surface area contributed by atoms with Crippen molar-refractivity contribution < 1.29 is 19.0 Å². The van der Waals surface area contributed by atoms with Crippen molar-refractivity contribution in [2.75, 3.05) is 20.3 Å². The highest BCUT2D eigenvalue weighted by Gasteiger charge is 2.33. The summed E-state index contributed by atoms with van der Waals surface area (Å²) >= 11 is 8.24. The summed E-state index contributed by atoms with van der Waals surface area (Å²) in [6.45, 7) is 7.73. The fraction of sp³-hybridized carbons (Fsp3) is 0.222. The van der Waals surface area contributed by atoms with E-state index in [-0.39, 0.29) is 12.2 Å². The Morgan fingerprint density at radius 2 is 1.97 bits per heavy atom. The molecule has 0 aliphatic carbocycles. The third-order valence-corrected chi connectivity index (χ3v) is 7.70. The molecular formula is C27H24Br2N2O5S. The van der Waals surface area contributed by atoms with Crippen LogP contribution >= 0.6 is 43.2 Å². The molecule has 1 atom stereocenters. The van der Waals surface area contributed by atoms with Crippen molar-refractivity contribution in [3.63, 3.8) is 0 Å². The Kier molecular flexibility index (Phi) is 8.51. The summed E-state index contributed by atoms with van der Waals surface area (Å²) in [5.74, 6) is 0.573. The molecule has 0 saturated heterocycles. The zero-order chi connectivity index (χ0) is 26.7. The summed E-state index contributed by atoms with van der Waals surface area (Å²) < 4.78 is 20.2. The number of hydrogen-bond donors (Lipinski definition) is 0. The quantitative estimate of drug-likeness (QED) is 0.257. The molecule has 0 bridgehead atoms. The van der Waals surface area contributed by atoms with Gasteiger partial charge in [-0.15, -0.1) is 0 Å². The van der Waals surface area contributed by atoms with E-state index in [1.54, 1.807) is 43.7 Å². The van der Waals surface area contributed by atoms with E-state index in [4.69, 9.17) is 14.2 Å². The Morgan fingerprint density at radius 1 is 1.24 bits per heavy atom. The summed E-state index contributed by atoms with van der Waals surface area (Å²) in [6, 6.07) is 10.5. The van der Waals surface area contributed by atoms with Crippen LogP contribution in [0.1, 0.15) is 31.0 Å². The van der Waals surface area contributed by atoms with Gasteiger partial charge in [-0.3, -0.25) is 9.36 Å². The zero-order valence-electron chi connectivity index (χ0n) is 20.4. The van der Waals surface area contributed by atoms with Crippen molar-refractivity contribution in [1.82, 2.24) is 4.57 Å².